The van der Waals surface area contributed by atoms with Crippen molar-refractivity contribution in [2.75, 3.05) is 0 Å². The number of carbonyl (C=O) groups is 1. The topological polar surface area (TPSA) is 77.8 Å². The summed E-state index contributed by atoms with van der Waals surface area (Å²) in [6.45, 7) is 9.84. The third kappa shape index (κ3) is 2.30. The van der Waals surface area contributed by atoms with Crippen molar-refractivity contribution in [2.45, 2.75) is 65.1 Å². The number of carboxylic acid groups (broad SMARTS) is 1. The van der Waals surface area contributed by atoms with E-state index in [1.54, 1.807) is 6.92 Å². The van der Waals surface area contributed by atoms with Gasteiger partial charge in [0.05, 0.1) is 17.6 Å². The summed E-state index contributed by atoms with van der Waals surface area (Å²) in [5.41, 5.74) is -0.227. The number of carboxylic acids is 1. The molecule has 134 valence electrons. The van der Waals surface area contributed by atoms with Crippen LogP contribution in [0, 0.1) is 28.1 Å². The Morgan fingerprint density at radius 3 is 2.54 bits per heavy atom. The molecule has 3 rings (SSSR count). The number of aliphatic hydroxyl groups excluding tert-OH is 2. The molecule has 0 heterocycles. The lowest BCUT2D eigenvalue weighted by molar-refractivity contribution is -0.173. The van der Waals surface area contributed by atoms with Crippen LogP contribution in [0.4, 0.5) is 0 Å². The van der Waals surface area contributed by atoms with Gasteiger partial charge in [0.25, 0.3) is 0 Å². The predicted molar refractivity (Wildman–Crippen MR) is 92.3 cm³/mol. The molecule has 3 N–H and O–H groups in total. The third-order valence-electron chi connectivity index (χ3n) is 7.52. The van der Waals surface area contributed by atoms with Crippen molar-refractivity contribution < 1.29 is 20.1 Å². The molecule has 0 radical (unpaired) electrons. The largest absolute Gasteiger partial charge is 0.481 e. The molecule has 2 fully saturated rings. The standard InChI is InChI=1S/C20H30O4/c1-5-18(2)9-12-6-7-15-19(3,14(12)8-16(18)22)10-13(21)11-20(15,4)17(23)24/h5-6,13-16,21-22H,1,7-11H2,2-4H3,(H,23,24)/t13-,14+,15-,16-,18-,19-,20-/m1/s1. The summed E-state index contributed by atoms with van der Waals surface area (Å²) in [6, 6.07) is 0. The fourth-order valence-electron chi connectivity index (χ4n) is 5.94. The second-order valence-electron chi connectivity index (χ2n) is 9.05. The molecular formula is C20H30O4. The van der Waals surface area contributed by atoms with Gasteiger partial charge in [-0.25, -0.2) is 0 Å². The maximum Gasteiger partial charge on any atom is 0.309 e. The molecule has 0 bridgehead atoms. The van der Waals surface area contributed by atoms with Crippen molar-refractivity contribution in [3.05, 3.63) is 24.3 Å². The maximum atomic E-state index is 12.0. The summed E-state index contributed by atoms with van der Waals surface area (Å²) in [4.78, 5) is 12.0. The number of fused-ring (bicyclic) bond motifs is 3. The van der Waals surface area contributed by atoms with Gasteiger partial charge in [0.15, 0.2) is 0 Å². The van der Waals surface area contributed by atoms with Gasteiger partial charge in [0, 0.05) is 5.41 Å². The van der Waals surface area contributed by atoms with E-state index >= 15 is 0 Å². The molecule has 0 unspecified atom stereocenters. The lowest BCUT2D eigenvalue weighted by Gasteiger charge is -2.60. The lowest BCUT2D eigenvalue weighted by atomic mass is 9.44. The minimum absolute atomic E-state index is 0.0139. The molecule has 0 spiro atoms. The smallest absolute Gasteiger partial charge is 0.309 e. The van der Waals surface area contributed by atoms with Crippen LogP contribution < -0.4 is 0 Å². The molecule has 2 saturated carbocycles. The van der Waals surface area contributed by atoms with E-state index in [0.29, 0.717) is 19.3 Å². The van der Waals surface area contributed by atoms with Crippen molar-refractivity contribution in [1.29, 1.82) is 0 Å². The molecule has 4 nitrogen and oxygen atoms in total. The molecular weight excluding hydrogens is 304 g/mol. The fraction of sp³-hybridized carbons (Fsp3) is 0.750. The van der Waals surface area contributed by atoms with Crippen LogP contribution in [0.15, 0.2) is 24.3 Å². The van der Waals surface area contributed by atoms with Crippen LogP contribution in [0.3, 0.4) is 0 Å². The van der Waals surface area contributed by atoms with Gasteiger partial charge < -0.3 is 15.3 Å². The molecule has 7 atom stereocenters. The van der Waals surface area contributed by atoms with Gasteiger partial charge in [-0.15, -0.1) is 6.58 Å². The van der Waals surface area contributed by atoms with Crippen LogP contribution in [-0.2, 0) is 4.79 Å². The molecule has 0 aliphatic heterocycles. The van der Waals surface area contributed by atoms with Gasteiger partial charge in [-0.2, -0.15) is 0 Å². The molecule has 4 heteroatoms. The first-order chi connectivity index (χ1) is 11.1. The van der Waals surface area contributed by atoms with Gasteiger partial charge in [-0.3, -0.25) is 4.79 Å². The van der Waals surface area contributed by atoms with Crippen molar-refractivity contribution in [1.82, 2.24) is 0 Å². The Morgan fingerprint density at radius 2 is 1.96 bits per heavy atom. The Morgan fingerprint density at radius 1 is 1.29 bits per heavy atom. The van der Waals surface area contributed by atoms with Crippen LogP contribution in [0.5, 0.6) is 0 Å². The number of hydrogen-bond donors (Lipinski definition) is 3. The molecule has 0 aromatic heterocycles. The SMILES string of the molecule is C=C[C@]1(C)CC2=CC[C@@H]3[C@](C)(C[C@@H](O)C[C@@]3(C)C(=O)O)[C@H]2C[C@H]1O. The van der Waals surface area contributed by atoms with Crippen molar-refractivity contribution >= 4 is 5.97 Å². The third-order valence-corrected chi connectivity index (χ3v) is 7.52. The summed E-state index contributed by atoms with van der Waals surface area (Å²) >= 11 is 0. The Hall–Kier alpha value is -1.13. The molecule has 3 aliphatic rings. The van der Waals surface area contributed by atoms with Gasteiger partial charge >= 0.3 is 5.97 Å². The first-order valence-corrected chi connectivity index (χ1v) is 8.99. The average molecular weight is 334 g/mol. The quantitative estimate of drug-likeness (QED) is 0.678. The minimum Gasteiger partial charge on any atom is -0.481 e. The van der Waals surface area contributed by atoms with E-state index in [0.717, 1.165) is 12.8 Å². The Kier molecular flexibility index (Phi) is 4.00. The van der Waals surface area contributed by atoms with Gasteiger partial charge in [-0.05, 0) is 56.3 Å². The highest BCUT2D eigenvalue weighted by Gasteiger charge is 2.61. The monoisotopic (exact) mass is 334 g/mol. The zero-order valence-corrected chi connectivity index (χ0v) is 15.0. The van der Waals surface area contributed by atoms with E-state index < -0.39 is 23.6 Å². The number of hydrogen-bond acceptors (Lipinski definition) is 3. The van der Waals surface area contributed by atoms with E-state index in [1.165, 1.54) is 5.57 Å². The van der Waals surface area contributed by atoms with Gasteiger partial charge in [0.1, 0.15) is 0 Å². The van der Waals surface area contributed by atoms with Crippen LogP contribution in [0.25, 0.3) is 0 Å². The summed E-state index contributed by atoms with van der Waals surface area (Å²) < 4.78 is 0. The average Bonchev–Trinajstić information content (AvgIpc) is 2.48. The van der Waals surface area contributed by atoms with Crippen molar-refractivity contribution in [2.24, 2.45) is 28.1 Å². The second-order valence-corrected chi connectivity index (χ2v) is 9.05. The van der Waals surface area contributed by atoms with Gasteiger partial charge in [0.2, 0.25) is 0 Å². The first kappa shape index (κ1) is 17.7. The predicted octanol–water partition coefficient (Wildman–Crippen LogP) is 3.15. The van der Waals surface area contributed by atoms with E-state index in [4.69, 9.17) is 0 Å². The fourth-order valence-corrected chi connectivity index (χ4v) is 5.94. The zero-order chi connectivity index (χ0) is 17.9. The molecule has 0 aromatic rings. The Bertz CT molecular complexity index is 596. The first-order valence-electron chi connectivity index (χ1n) is 8.99. The second kappa shape index (κ2) is 5.43. The molecule has 24 heavy (non-hydrogen) atoms. The normalized spacial score (nSPS) is 51.1. The minimum atomic E-state index is -0.918. The van der Waals surface area contributed by atoms with Crippen LogP contribution in [-0.4, -0.2) is 33.5 Å². The summed E-state index contributed by atoms with van der Waals surface area (Å²) in [6.07, 6.45) is 6.02. The van der Waals surface area contributed by atoms with E-state index in [9.17, 15) is 20.1 Å². The van der Waals surface area contributed by atoms with E-state index in [1.807, 2.05) is 13.0 Å². The Labute approximate surface area is 144 Å². The number of allylic oxidation sites excluding steroid dienone is 2. The number of aliphatic carboxylic acids is 1. The summed E-state index contributed by atoms with van der Waals surface area (Å²) in [7, 11) is 0. The van der Waals surface area contributed by atoms with Crippen molar-refractivity contribution in [3.63, 3.8) is 0 Å². The van der Waals surface area contributed by atoms with Crippen LogP contribution >= 0.6 is 0 Å². The van der Waals surface area contributed by atoms with E-state index in [2.05, 4.69) is 19.6 Å². The zero-order valence-electron chi connectivity index (χ0n) is 15.0. The van der Waals surface area contributed by atoms with Gasteiger partial charge in [-0.1, -0.05) is 31.6 Å². The number of aliphatic hydroxyl groups is 2. The van der Waals surface area contributed by atoms with Crippen LogP contribution in [0.2, 0.25) is 0 Å². The van der Waals surface area contributed by atoms with E-state index in [-0.39, 0.29) is 22.7 Å². The molecule has 3 aliphatic carbocycles. The highest BCUT2D eigenvalue weighted by molar-refractivity contribution is 5.75. The summed E-state index contributed by atoms with van der Waals surface area (Å²) in [5, 5.41) is 31.0. The molecule has 0 amide bonds. The highest BCUT2D eigenvalue weighted by Crippen LogP contribution is 2.63. The van der Waals surface area contributed by atoms with Crippen LogP contribution in [0.1, 0.15) is 52.9 Å². The Balaban J connectivity index is 2.04. The molecule has 0 aromatic carbocycles. The van der Waals surface area contributed by atoms with Crippen molar-refractivity contribution in [3.8, 4) is 0 Å². The summed E-state index contributed by atoms with van der Waals surface area (Å²) in [5.74, 6) is -0.700. The number of rotatable bonds is 2. The molecule has 0 saturated heterocycles. The highest BCUT2D eigenvalue weighted by atomic mass is 16.4. The maximum absolute atomic E-state index is 12.0. The lowest BCUT2D eigenvalue weighted by Crippen LogP contribution is -2.58.